The van der Waals surface area contributed by atoms with Crippen molar-refractivity contribution in [3.63, 3.8) is 0 Å². The van der Waals surface area contributed by atoms with Gasteiger partial charge in [-0.15, -0.1) is 0 Å². The molecule has 0 spiro atoms. The number of nitrogens with one attached hydrogen (secondary N) is 1. The highest BCUT2D eigenvalue weighted by Crippen LogP contribution is 2.35. The fraction of sp³-hybridized carbons (Fsp3) is 0.235. The molecule has 0 saturated heterocycles. The number of ether oxygens (including phenoxy) is 2. The molecule has 2 rings (SSSR count). The summed E-state index contributed by atoms with van der Waals surface area (Å²) in [6.07, 6.45) is 0. The molecule has 2 aromatic carbocycles. The first-order valence-corrected chi connectivity index (χ1v) is 9.98. The van der Waals surface area contributed by atoms with Crippen LogP contribution in [0.2, 0.25) is 10.0 Å². The van der Waals surface area contributed by atoms with E-state index in [0.717, 1.165) is 0 Å². The normalized spacial score (nSPS) is 11.1. The molecule has 1 N–H and O–H groups in total. The zero-order valence-corrected chi connectivity index (χ0v) is 16.4. The van der Waals surface area contributed by atoms with Crippen molar-refractivity contribution in [2.45, 2.75) is 5.75 Å². The zero-order chi connectivity index (χ0) is 19.3. The van der Waals surface area contributed by atoms with Crippen LogP contribution in [0.5, 0.6) is 11.5 Å². The number of methoxy groups -OCH3 is 2. The Labute approximate surface area is 161 Å². The highest BCUT2D eigenvalue weighted by atomic mass is 35.5. The van der Waals surface area contributed by atoms with Crippen LogP contribution in [-0.2, 0) is 20.4 Å². The molecule has 0 aromatic heterocycles. The molecule has 2 aromatic rings. The number of amides is 1. The number of anilines is 1. The van der Waals surface area contributed by atoms with Gasteiger partial charge < -0.3 is 14.8 Å². The molecule has 0 aliphatic rings. The molecule has 0 radical (unpaired) electrons. The molecule has 140 valence electrons. The van der Waals surface area contributed by atoms with E-state index in [1.165, 1.54) is 26.4 Å². The molecule has 0 aliphatic carbocycles. The Morgan fingerprint density at radius 3 is 2.23 bits per heavy atom. The van der Waals surface area contributed by atoms with Crippen molar-refractivity contribution < 1.29 is 22.7 Å². The topological polar surface area (TPSA) is 81.7 Å². The van der Waals surface area contributed by atoms with E-state index in [-0.39, 0.29) is 11.4 Å². The predicted octanol–water partition coefficient (Wildman–Crippen LogP) is 3.56. The Morgan fingerprint density at radius 2 is 1.65 bits per heavy atom. The van der Waals surface area contributed by atoms with Crippen molar-refractivity contribution in [1.29, 1.82) is 0 Å². The second-order valence-electron chi connectivity index (χ2n) is 5.39. The molecule has 6 nitrogen and oxygen atoms in total. The summed E-state index contributed by atoms with van der Waals surface area (Å²) in [5.41, 5.74) is 0.813. The molecule has 0 aliphatic heterocycles. The quantitative estimate of drug-likeness (QED) is 0.744. The van der Waals surface area contributed by atoms with Crippen LogP contribution in [0.25, 0.3) is 0 Å². The molecule has 0 unspecified atom stereocenters. The highest BCUT2D eigenvalue weighted by molar-refractivity contribution is 7.91. The summed E-state index contributed by atoms with van der Waals surface area (Å²) < 4.78 is 34.7. The number of carbonyl (C=O) groups is 1. The summed E-state index contributed by atoms with van der Waals surface area (Å²) in [4.78, 5) is 12.2. The summed E-state index contributed by atoms with van der Waals surface area (Å²) in [5, 5.41) is 3.32. The number of benzene rings is 2. The van der Waals surface area contributed by atoms with Crippen LogP contribution in [0.15, 0.2) is 36.4 Å². The molecule has 0 heterocycles. The summed E-state index contributed by atoms with van der Waals surface area (Å²) >= 11 is 11.8. The molecule has 26 heavy (non-hydrogen) atoms. The lowest BCUT2D eigenvalue weighted by atomic mass is 10.2. The van der Waals surface area contributed by atoms with E-state index in [9.17, 15) is 13.2 Å². The lowest BCUT2D eigenvalue weighted by Crippen LogP contribution is -2.24. The molecular formula is C17H17Cl2NO5S. The first-order chi connectivity index (χ1) is 12.2. The SMILES string of the molecule is COc1cc(NC(=O)CS(=O)(=O)Cc2ccc(Cl)cc2)c(OC)cc1Cl. The van der Waals surface area contributed by atoms with Crippen LogP contribution in [0.4, 0.5) is 5.69 Å². The first-order valence-electron chi connectivity index (χ1n) is 7.40. The molecular weight excluding hydrogens is 401 g/mol. The molecule has 0 saturated carbocycles. The van der Waals surface area contributed by atoms with E-state index in [4.69, 9.17) is 32.7 Å². The number of sulfone groups is 1. The van der Waals surface area contributed by atoms with Gasteiger partial charge in [-0.25, -0.2) is 8.42 Å². The average Bonchev–Trinajstić information content (AvgIpc) is 2.57. The fourth-order valence-electron chi connectivity index (χ4n) is 2.23. The maximum Gasteiger partial charge on any atom is 0.239 e. The molecule has 1 amide bonds. The summed E-state index contributed by atoms with van der Waals surface area (Å²) in [6.45, 7) is 0. The van der Waals surface area contributed by atoms with Crippen LogP contribution in [-0.4, -0.2) is 34.3 Å². The zero-order valence-electron chi connectivity index (χ0n) is 14.1. The standard InChI is InChI=1S/C17H17Cl2NO5S/c1-24-15-8-14(16(25-2)7-13(15)19)20-17(21)10-26(22,23)9-11-3-5-12(18)6-4-11/h3-8H,9-10H2,1-2H3,(H,20,21). The van der Waals surface area contributed by atoms with Crippen LogP contribution in [0.3, 0.4) is 0 Å². The molecule has 0 fully saturated rings. The molecule has 0 bridgehead atoms. The van der Waals surface area contributed by atoms with Crippen LogP contribution in [0.1, 0.15) is 5.56 Å². The second-order valence-corrected chi connectivity index (χ2v) is 8.30. The van der Waals surface area contributed by atoms with Gasteiger partial charge >= 0.3 is 0 Å². The van der Waals surface area contributed by atoms with Gasteiger partial charge in [0.05, 0.1) is 30.7 Å². The summed E-state index contributed by atoms with van der Waals surface area (Å²) in [7, 11) is -0.829. The van der Waals surface area contributed by atoms with Crippen LogP contribution < -0.4 is 14.8 Å². The number of rotatable bonds is 7. The number of hydrogen-bond donors (Lipinski definition) is 1. The van der Waals surface area contributed by atoms with Gasteiger partial charge in [-0.1, -0.05) is 35.3 Å². The number of halogens is 2. The molecule has 9 heteroatoms. The largest absolute Gasteiger partial charge is 0.495 e. The van der Waals surface area contributed by atoms with E-state index in [1.807, 2.05) is 0 Å². The minimum absolute atomic E-state index is 0.264. The van der Waals surface area contributed by atoms with E-state index in [1.54, 1.807) is 24.3 Å². The maximum absolute atomic E-state index is 12.2. The predicted molar refractivity (Wildman–Crippen MR) is 102 cm³/mol. The van der Waals surface area contributed by atoms with Crippen molar-refractivity contribution >= 4 is 44.6 Å². The van der Waals surface area contributed by atoms with Gasteiger partial charge in [-0.05, 0) is 17.7 Å². The fourth-order valence-corrected chi connectivity index (χ4v) is 3.86. The van der Waals surface area contributed by atoms with E-state index in [2.05, 4.69) is 5.32 Å². The third-order valence-corrected chi connectivity index (χ3v) is 5.42. The third kappa shape index (κ3) is 5.52. The lowest BCUT2D eigenvalue weighted by Gasteiger charge is -2.13. The van der Waals surface area contributed by atoms with Crippen molar-refractivity contribution in [1.82, 2.24) is 0 Å². The summed E-state index contributed by atoms with van der Waals surface area (Å²) in [6, 6.07) is 9.33. The first kappa shape index (κ1) is 20.4. The third-order valence-electron chi connectivity index (χ3n) is 3.40. The minimum atomic E-state index is -3.66. The molecule has 0 atom stereocenters. The van der Waals surface area contributed by atoms with Gasteiger partial charge in [-0.3, -0.25) is 4.79 Å². The lowest BCUT2D eigenvalue weighted by molar-refractivity contribution is -0.113. The number of carbonyl (C=O) groups excluding carboxylic acids is 1. The van der Waals surface area contributed by atoms with Gasteiger partial charge in [0.15, 0.2) is 9.84 Å². The monoisotopic (exact) mass is 417 g/mol. The maximum atomic E-state index is 12.2. The highest BCUT2D eigenvalue weighted by Gasteiger charge is 2.19. The van der Waals surface area contributed by atoms with E-state index in [0.29, 0.717) is 27.1 Å². The summed E-state index contributed by atoms with van der Waals surface area (Å²) in [5.74, 6) is -1.02. The van der Waals surface area contributed by atoms with Crippen LogP contribution >= 0.6 is 23.2 Å². The van der Waals surface area contributed by atoms with Gasteiger partial charge in [0.2, 0.25) is 5.91 Å². The van der Waals surface area contributed by atoms with Crippen molar-refractivity contribution in [3.05, 3.63) is 52.0 Å². The smallest absolute Gasteiger partial charge is 0.239 e. The Bertz CT molecular complexity index is 898. The number of hydrogen-bond acceptors (Lipinski definition) is 5. The van der Waals surface area contributed by atoms with E-state index >= 15 is 0 Å². The van der Waals surface area contributed by atoms with Gasteiger partial charge in [0.1, 0.15) is 17.3 Å². The second kappa shape index (κ2) is 8.62. The average molecular weight is 418 g/mol. The van der Waals surface area contributed by atoms with Crippen molar-refractivity contribution in [2.75, 3.05) is 25.3 Å². The van der Waals surface area contributed by atoms with Gasteiger partial charge in [-0.2, -0.15) is 0 Å². The Kier molecular flexibility index (Phi) is 6.75. The van der Waals surface area contributed by atoms with E-state index < -0.39 is 21.5 Å². The van der Waals surface area contributed by atoms with Crippen molar-refractivity contribution in [3.8, 4) is 11.5 Å². The minimum Gasteiger partial charge on any atom is -0.495 e. The Balaban J connectivity index is 2.11. The Morgan fingerprint density at radius 1 is 1.04 bits per heavy atom. The van der Waals surface area contributed by atoms with Crippen LogP contribution in [0, 0.1) is 0 Å². The Hall–Kier alpha value is -1.96. The van der Waals surface area contributed by atoms with Crippen molar-refractivity contribution in [2.24, 2.45) is 0 Å². The van der Waals surface area contributed by atoms with Gasteiger partial charge in [0.25, 0.3) is 0 Å². The van der Waals surface area contributed by atoms with Gasteiger partial charge in [0, 0.05) is 17.2 Å².